The van der Waals surface area contributed by atoms with E-state index in [0.29, 0.717) is 22.7 Å². The van der Waals surface area contributed by atoms with Crippen LogP contribution in [0.1, 0.15) is 11.1 Å². The normalized spacial score (nSPS) is 10.5. The molecule has 0 bridgehead atoms. The second-order valence-electron chi connectivity index (χ2n) is 4.67. The number of nitrogens with zero attached hydrogens (tertiary/aromatic N) is 1. The van der Waals surface area contributed by atoms with E-state index < -0.39 is 0 Å². The lowest BCUT2D eigenvalue weighted by atomic mass is 10.1. The van der Waals surface area contributed by atoms with Crippen molar-refractivity contribution < 1.29 is 14.3 Å². The van der Waals surface area contributed by atoms with Crippen LogP contribution in [0.25, 0.3) is 22.3 Å². The van der Waals surface area contributed by atoms with E-state index >= 15 is 0 Å². The summed E-state index contributed by atoms with van der Waals surface area (Å²) in [6.45, 7) is -0.0702. The second kappa shape index (κ2) is 5.31. The number of ether oxygens (including phenoxy) is 1. The Labute approximate surface area is 121 Å². The van der Waals surface area contributed by atoms with Crippen LogP contribution in [-0.2, 0) is 6.61 Å². The number of aliphatic hydroxyl groups is 1. The first-order valence-corrected chi connectivity index (χ1v) is 6.47. The Morgan fingerprint density at radius 3 is 2.57 bits per heavy atom. The summed E-state index contributed by atoms with van der Waals surface area (Å²) in [5.74, 6) is 1.36. The summed E-state index contributed by atoms with van der Waals surface area (Å²) >= 11 is 0. The van der Waals surface area contributed by atoms with Crippen LogP contribution in [0.15, 0.2) is 46.9 Å². The van der Waals surface area contributed by atoms with Gasteiger partial charge in [0.15, 0.2) is 0 Å². The number of nitriles is 1. The topological polar surface area (TPSA) is 66.4 Å². The van der Waals surface area contributed by atoms with Gasteiger partial charge in [-0.3, -0.25) is 0 Å². The third-order valence-corrected chi connectivity index (χ3v) is 3.36. The molecule has 1 N–H and O–H groups in total. The smallest absolute Gasteiger partial charge is 0.138 e. The van der Waals surface area contributed by atoms with Gasteiger partial charge >= 0.3 is 0 Å². The number of methoxy groups -OCH3 is 1. The summed E-state index contributed by atoms with van der Waals surface area (Å²) in [5, 5.41) is 19.0. The molecule has 0 aliphatic rings. The van der Waals surface area contributed by atoms with Crippen LogP contribution in [0.4, 0.5) is 0 Å². The molecule has 1 heterocycles. The Balaban J connectivity index is 2.13. The van der Waals surface area contributed by atoms with Gasteiger partial charge in [-0.05, 0) is 48.0 Å². The lowest BCUT2D eigenvalue weighted by Crippen LogP contribution is -1.87. The molecule has 4 heteroatoms. The molecule has 1 aromatic heterocycles. The molecule has 104 valence electrons. The molecule has 2 aromatic carbocycles. The molecule has 0 aliphatic carbocycles. The molecule has 3 rings (SSSR count). The van der Waals surface area contributed by atoms with E-state index in [1.54, 1.807) is 31.4 Å². The van der Waals surface area contributed by atoms with Crippen LogP contribution in [0.3, 0.4) is 0 Å². The van der Waals surface area contributed by atoms with E-state index in [0.717, 1.165) is 16.5 Å². The molecule has 0 amide bonds. The Kier molecular flexibility index (Phi) is 3.35. The first-order chi connectivity index (χ1) is 10.2. The first kappa shape index (κ1) is 13.2. The van der Waals surface area contributed by atoms with Gasteiger partial charge in [0.05, 0.1) is 30.7 Å². The van der Waals surface area contributed by atoms with E-state index in [1.165, 1.54) is 0 Å². The minimum atomic E-state index is -0.0702. The number of benzene rings is 2. The zero-order valence-electron chi connectivity index (χ0n) is 11.5. The molecule has 0 spiro atoms. The largest absolute Gasteiger partial charge is 0.496 e. The monoisotopic (exact) mass is 279 g/mol. The van der Waals surface area contributed by atoms with Gasteiger partial charge in [-0.1, -0.05) is 0 Å². The van der Waals surface area contributed by atoms with E-state index in [4.69, 9.17) is 14.4 Å². The minimum absolute atomic E-state index is 0.0702. The van der Waals surface area contributed by atoms with Crippen molar-refractivity contribution in [1.82, 2.24) is 0 Å². The van der Waals surface area contributed by atoms with Crippen molar-refractivity contribution in [2.45, 2.75) is 6.61 Å². The van der Waals surface area contributed by atoms with Crippen molar-refractivity contribution in [2.24, 2.45) is 0 Å². The van der Waals surface area contributed by atoms with Crippen LogP contribution >= 0.6 is 0 Å². The van der Waals surface area contributed by atoms with Gasteiger partial charge in [-0.2, -0.15) is 5.26 Å². The fraction of sp³-hybridized carbons (Fsp3) is 0.118. The molecule has 0 fully saturated rings. The summed E-state index contributed by atoms with van der Waals surface area (Å²) in [7, 11) is 1.59. The van der Waals surface area contributed by atoms with Crippen molar-refractivity contribution in [1.29, 1.82) is 5.26 Å². The first-order valence-electron chi connectivity index (χ1n) is 6.47. The SMILES string of the molecule is COc1cc(CO)cc2oc(-c3ccc(C#N)cc3)cc12. The van der Waals surface area contributed by atoms with Gasteiger partial charge in [0.2, 0.25) is 0 Å². The van der Waals surface area contributed by atoms with Gasteiger partial charge in [-0.25, -0.2) is 0 Å². The summed E-state index contributed by atoms with van der Waals surface area (Å²) in [6, 6.07) is 14.8. The molecule has 0 aliphatic heterocycles. The summed E-state index contributed by atoms with van der Waals surface area (Å²) in [5.41, 5.74) is 2.89. The van der Waals surface area contributed by atoms with Crippen molar-refractivity contribution in [3.8, 4) is 23.1 Å². The zero-order chi connectivity index (χ0) is 14.8. The van der Waals surface area contributed by atoms with Gasteiger partial charge in [-0.15, -0.1) is 0 Å². The summed E-state index contributed by atoms with van der Waals surface area (Å²) in [6.07, 6.45) is 0. The van der Waals surface area contributed by atoms with Crippen LogP contribution in [0, 0.1) is 11.3 Å². The van der Waals surface area contributed by atoms with Crippen molar-refractivity contribution in [3.63, 3.8) is 0 Å². The molecule has 0 unspecified atom stereocenters. The summed E-state index contributed by atoms with van der Waals surface area (Å²) < 4.78 is 11.2. The van der Waals surface area contributed by atoms with E-state index in [9.17, 15) is 5.11 Å². The standard InChI is InChI=1S/C17H13NO3/c1-20-16-6-12(10-19)7-17-14(16)8-15(21-17)13-4-2-11(9-18)3-5-13/h2-8,19H,10H2,1H3. The summed E-state index contributed by atoms with van der Waals surface area (Å²) in [4.78, 5) is 0. The molecule has 0 radical (unpaired) electrons. The van der Waals surface area contributed by atoms with E-state index in [-0.39, 0.29) is 6.61 Å². The molecule has 21 heavy (non-hydrogen) atoms. The molecule has 4 nitrogen and oxygen atoms in total. The predicted molar refractivity (Wildman–Crippen MR) is 78.8 cm³/mol. The van der Waals surface area contributed by atoms with E-state index in [1.807, 2.05) is 18.2 Å². The predicted octanol–water partition coefficient (Wildman–Crippen LogP) is 3.47. The van der Waals surface area contributed by atoms with Crippen molar-refractivity contribution in [2.75, 3.05) is 7.11 Å². The highest BCUT2D eigenvalue weighted by Crippen LogP contribution is 2.34. The van der Waals surface area contributed by atoms with Gasteiger partial charge in [0.1, 0.15) is 17.1 Å². The van der Waals surface area contributed by atoms with Gasteiger partial charge in [0.25, 0.3) is 0 Å². The average molecular weight is 279 g/mol. The Morgan fingerprint density at radius 2 is 1.95 bits per heavy atom. The molecular formula is C17H13NO3. The lowest BCUT2D eigenvalue weighted by molar-refractivity contribution is 0.281. The highest BCUT2D eigenvalue weighted by molar-refractivity contribution is 5.89. The molecule has 0 atom stereocenters. The number of hydrogen-bond acceptors (Lipinski definition) is 4. The van der Waals surface area contributed by atoms with Crippen LogP contribution in [0.2, 0.25) is 0 Å². The molecule has 3 aromatic rings. The molecule has 0 saturated heterocycles. The maximum absolute atomic E-state index is 9.27. The van der Waals surface area contributed by atoms with Crippen molar-refractivity contribution in [3.05, 3.63) is 53.6 Å². The maximum atomic E-state index is 9.27. The lowest BCUT2D eigenvalue weighted by Gasteiger charge is -2.03. The minimum Gasteiger partial charge on any atom is -0.496 e. The number of aliphatic hydroxyl groups excluding tert-OH is 1. The fourth-order valence-electron chi connectivity index (χ4n) is 2.27. The van der Waals surface area contributed by atoms with Crippen molar-refractivity contribution >= 4 is 11.0 Å². The Bertz CT molecular complexity index is 826. The van der Waals surface area contributed by atoms with Gasteiger partial charge in [0, 0.05) is 5.56 Å². The maximum Gasteiger partial charge on any atom is 0.138 e. The average Bonchev–Trinajstić information content (AvgIpc) is 2.97. The third-order valence-electron chi connectivity index (χ3n) is 3.36. The van der Waals surface area contributed by atoms with Crippen LogP contribution in [0.5, 0.6) is 5.75 Å². The van der Waals surface area contributed by atoms with Crippen LogP contribution in [-0.4, -0.2) is 12.2 Å². The third kappa shape index (κ3) is 2.35. The quantitative estimate of drug-likeness (QED) is 0.797. The number of furan rings is 1. The number of fused-ring (bicyclic) bond motifs is 1. The van der Waals surface area contributed by atoms with E-state index in [2.05, 4.69) is 6.07 Å². The molecular weight excluding hydrogens is 266 g/mol. The highest BCUT2D eigenvalue weighted by Gasteiger charge is 2.12. The van der Waals surface area contributed by atoms with Crippen LogP contribution < -0.4 is 4.74 Å². The Hall–Kier alpha value is -2.77. The number of hydrogen-bond donors (Lipinski definition) is 1. The highest BCUT2D eigenvalue weighted by atomic mass is 16.5. The molecule has 0 saturated carbocycles. The Morgan fingerprint density at radius 1 is 1.19 bits per heavy atom. The fourth-order valence-corrected chi connectivity index (χ4v) is 2.27. The zero-order valence-corrected chi connectivity index (χ0v) is 11.5. The second-order valence-corrected chi connectivity index (χ2v) is 4.67. The van der Waals surface area contributed by atoms with Gasteiger partial charge < -0.3 is 14.3 Å². The number of rotatable bonds is 3.